The van der Waals surface area contributed by atoms with Crippen molar-refractivity contribution in [1.29, 1.82) is 0 Å². The SMILES string of the molecule is CC(C)Oc1ccc(CN2C(=O)[C@@H](NC(=O)OC(C)(C)C)CS(=O)(=O)c3cc(F)c(-c4noc(=O)[nH]4)cc32)cn1. The standard InChI is InChI=1S/C25H28FN5O8S/c1-13(2)37-20-7-6-14(10-27-20)11-31-18-8-15(21-29-24(34)39-30-21)16(26)9-19(18)40(35,36)12-17(22(31)32)28-23(33)38-25(3,4)5/h6-10,13,17H,11-12H2,1-5H3,(H,28,33)(H,29,30,34)/t17-/m0/s1. The molecule has 1 aliphatic heterocycles. The third-order valence-electron chi connectivity index (χ3n) is 5.51. The van der Waals surface area contributed by atoms with E-state index >= 15 is 4.39 Å². The lowest BCUT2D eigenvalue weighted by Crippen LogP contribution is -2.51. The minimum absolute atomic E-state index is 0.126. The molecule has 15 heteroatoms. The molecule has 3 aromatic rings. The van der Waals surface area contributed by atoms with Gasteiger partial charge in [-0.25, -0.2) is 27.4 Å². The van der Waals surface area contributed by atoms with Crippen LogP contribution in [0.5, 0.6) is 5.88 Å². The number of benzene rings is 1. The fourth-order valence-electron chi connectivity index (χ4n) is 3.93. The van der Waals surface area contributed by atoms with Crippen LogP contribution in [-0.2, 0) is 25.9 Å². The number of H-pyrrole nitrogens is 1. The predicted molar refractivity (Wildman–Crippen MR) is 139 cm³/mol. The molecule has 0 fully saturated rings. The van der Waals surface area contributed by atoms with Crippen LogP contribution >= 0.6 is 0 Å². The highest BCUT2D eigenvalue weighted by atomic mass is 32.2. The molecule has 1 aromatic carbocycles. The number of fused-ring (bicyclic) bond motifs is 1. The number of anilines is 1. The second-order valence-corrected chi connectivity index (χ2v) is 12.3. The van der Waals surface area contributed by atoms with Crippen LogP contribution < -0.4 is 20.7 Å². The fourth-order valence-corrected chi connectivity index (χ4v) is 5.55. The summed E-state index contributed by atoms with van der Waals surface area (Å²) in [6, 6.07) is 3.46. The van der Waals surface area contributed by atoms with Gasteiger partial charge in [-0.05, 0) is 52.3 Å². The number of nitrogens with zero attached hydrogens (tertiary/aromatic N) is 3. The number of alkyl carbamates (subject to hydrolysis) is 1. The average molecular weight is 578 g/mol. The summed E-state index contributed by atoms with van der Waals surface area (Å²) in [6.45, 7) is 8.29. The van der Waals surface area contributed by atoms with Crippen molar-refractivity contribution in [3.63, 3.8) is 0 Å². The van der Waals surface area contributed by atoms with E-state index in [9.17, 15) is 22.8 Å². The van der Waals surface area contributed by atoms with Gasteiger partial charge in [0.25, 0.3) is 5.91 Å². The van der Waals surface area contributed by atoms with Crippen molar-refractivity contribution in [2.75, 3.05) is 10.7 Å². The number of nitrogens with one attached hydrogen (secondary N) is 2. The van der Waals surface area contributed by atoms with Gasteiger partial charge in [-0.3, -0.25) is 14.3 Å². The van der Waals surface area contributed by atoms with E-state index in [1.165, 1.54) is 6.20 Å². The number of pyridine rings is 1. The average Bonchev–Trinajstić information content (AvgIpc) is 3.24. The normalized spacial score (nSPS) is 16.8. The number of amides is 2. The van der Waals surface area contributed by atoms with Gasteiger partial charge in [0.05, 0.1) is 34.5 Å². The smallest absolute Gasteiger partial charge is 0.439 e. The van der Waals surface area contributed by atoms with Crippen LogP contribution in [0.25, 0.3) is 11.4 Å². The summed E-state index contributed by atoms with van der Waals surface area (Å²) in [5.74, 6) is -3.61. The maximum atomic E-state index is 15.2. The maximum absolute atomic E-state index is 15.2. The molecule has 13 nitrogen and oxygen atoms in total. The molecule has 0 bridgehead atoms. The van der Waals surface area contributed by atoms with Crippen molar-refractivity contribution >= 4 is 27.5 Å². The molecule has 2 aromatic heterocycles. The molecule has 1 atom stereocenters. The van der Waals surface area contributed by atoms with Crippen LogP contribution in [0.3, 0.4) is 0 Å². The summed E-state index contributed by atoms with van der Waals surface area (Å²) in [5.41, 5.74) is -0.945. The van der Waals surface area contributed by atoms with Crippen LogP contribution in [0.15, 0.2) is 44.7 Å². The maximum Gasteiger partial charge on any atom is 0.439 e. The molecule has 0 radical (unpaired) electrons. The van der Waals surface area contributed by atoms with Crippen LogP contribution in [0.1, 0.15) is 40.2 Å². The second kappa shape index (κ2) is 10.7. The first-order chi connectivity index (χ1) is 18.6. The summed E-state index contributed by atoms with van der Waals surface area (Å²) < 4.78 is 57.2. The van der Waals surface area contributed by atoms with E-state index in [0.717, 1.165) is 17.0 Å². The zero-order valence-corrected chi connectivity index (χ0v) is 23.2. The zero-order chi connectivity index (χ0) is 29.4. The molecule has 2 amide bonds. The molecule has 0 unspecified atom stereocenters. The largest absolute Gasteiger partial charge is 0.475 e. The Kier molecular flexibility index (Phi) is 7.70. The first-order valence-electron chi connectivity index (χ1n) is 12.2. The Morgan fingerprint density at radius 2 is 2.00 bits per heavy atom. The first-order valence-corrected chi connectivity index (χ1v) is 13.8. The summed E-state index contributed by atoms with van der Waals surface area (Å²) in [6.07, 6.45) is 0.314. The van der Waals surface area contributed by atoms with Crippen LogP contribution in [0.2, 0.25) is 0 Å². The fraction of sp³-hybridized carbons (Fsp3) is 0.400. The molecule has 1 aliphatic rings. The monoisotopic (exact) mass is 577 g/mol. The van der Waals surface area contributed by atoms with Crippen molar-refractivity contribution in [2.24, 2.45) is 0 Å². The van der Waals surface area contributed by atoms with E-state index < -0.39 is 55.7 Å². The molecule has 0 saturated carbocycles. The summed E-state index contributed by atoms with van der Waals surface area (Å²) >= 11 is 0. The molecule has 2 N–H and O–H groups in total. The van der Waals surface area contributed by atoms with Crippen LogP contribution in [0, 0.1) is 5.82 Å². The highest BCUT2D eigenvalue weighted by molar-refractivity contribution is 7.91. The molecule has 40 heavy (non-hydrogen) atoms. The van der Waals surface area contributed by atoms with E-state index in [0.29, 0.717) is 11.4 Å². The van der Waals surface area contributed by atoms with Crippen molar-refractivity contribution in [3.05, 3.63) is 52.4 Å². The van der Waals surface area contributed by atoms with Crippen molar-refractivity contribution in [2.45, 2.75) is 63.8 Å². The van der Waals surface area contributed by atoms with Crippen LogP contribution in [-0.4, -0.2) is 59.0 Å². The van der Waals surface area contributed by atoms with E-state index in [-0.39, 0.29) is 29.7 Å². The number of hydrogen-bond donors (Lipinski definition) is 2. The highest BCUT2D eigenvalue weighted by Crippen LogP contribution is 2.36. The number of rotatable bonds is 6. The second-order valence-electron chi connectivity index (χ2n) is 10.3. The molecule has 214 valence electrons. The topological polar surface area (TPSA) is 174 Å². The molecular formula is C25H28FN5O8S. The summed E-state index contributed by atoms with van der Waals surface area (Å²) in [4.78, 5) is 44.8. The lowest BCUT2D eigenvalue weighted by atomic mass is 10.1. The van der Waals surface area contributed by atoms with Crippen molar-refractivity contribution in [1.82, 2.24) is 20.4 Å². The third-order valence-corrected chi connectivity index (χ3v) is 7.28. The van der Waals surface area contributed by atoms with Gasteiger partial charge < -0.3 is 19.7 Å². The van der Waals surface area contributed by atoms with Gasteiger partial charge in [0.15, 0.2) is 15.7 Å². The molecule has 0 aliphatic carbocycles. The Labute approximate surface area is 228 Å². The molecule has 0 spiro atoms. The predicted octanol–water partition coefficient (Wildman–Crippen LogP) is 2.57. The molecule has 4 rings (SSSR count). The number of carbonyl (C=O) groups is 2. The van der Waals surface area contributed by atoms with Gasteiger partial charge in [0.2, 0.25) is 5.88 Å². The van der Waals surface area contributed by atoms with Gasteiger partial charge in [0.1, 0.15) is 17.5 Å². The number of aromatic amines is 1. The van der Waals surface area contributed by atoms with Crippen LogP contribution in [0.4, 0.5) is 14.9 Å². The molecule has 3 heterocycles. The Hall–Kier alpha value is -4.27. The van der Waals surface area contributed by atoms with Crippen molar-refractivity contribution < 1.29 is 36.4 Å². The number of aromatic nitrogens is 3. The van der Waals surface area contributed by atoms with Gasteiger partial charge >= 0.3 is 11.8 Å². The van der Waals surface area contributed by atoms with Gasteiger partial charge in [-0.1, -0.05) is 11.2 Å². The van der Waals surface area contributed by atoms with Gasteiger partial charge in [-0.15, -0.1) is 0 Å². The minimum Gasteiger partial charge on any atom is -0.475 e. The van der Waals surface area contributed by atoms with Gasteiger partial charge in [0, 0.05) is 12.3 Å². The minimum atomic E-state index is -4.34. The molecule has 0 saturated heterocycles. The number of hydrogen-bond acceptors (Lipinski definition) is 10. The van der Waals surface area contributed by atoms with E-state index in [1.807, 2.05) is 13.8 Å². The quantitative estimate of drug-likeness (QED) is 0.443. The molecular weight excluding hydrogens is 549 g/mol. The summed E-state index contributed by atoms with van der Waals surface area (Å²) in [7, 11) is -4.34. The summed E-state index contributed by atoms with van der Waals surface area (Å²) in [5, 5.41) is 5.80. The van der Waals surface area contributed by atoms with Crippen molar-refractivity contribution in [3.8, 4) is 17.3 Å². The van der Waals surface area contributed by atoms with E-state index in [2.05, 4.69) is 25.0 Å². The third kappa shape index (κ3) is 6.47. The number of halogens is 1. The number of ether oxygens (including phenoxy) is 2. The first kappa shape index (κ1) is 28.7. The number of sulfone groups is 1. The Balaban J connectivity index is 1.82. The Morgan fingerprint density at radius 1 is 1.27 bits per heavy atom. The number of carbonyl (C=O) groups excluding carboxylic acids is 2. The van der Waals surface area contributed by atoms with E-state index in [4.69, 9.17) is 9.47 Å². The van der Waals surface area contributed by atoms with E-state index in [1.54, 1.807) is 32.9 Å². The Morgan fingerprint density at radius 3 is 2.58 bits per heavy atom. The highest BCUT2D eigenvalue weighted by Gasteiger charge is 2.40. The Bertz CT molecular complexity index is 1590. The zero-order valence-electron chi connectivity index (χ0n) is 22.3. The lowest BCUT2D eigenvalue weighted by Gasteiger charge is -2.27. The lowest BCUT2D eigenvalue weighted by molar-refractivity contribution is -0.120. The van der Waals surface area contributed by atoms with Gasteiger partial charge in [-0.2, -0.15) is 0 Å².